The van der Waals surface area contributed by atoms with Crippen molar-refractivity contribution in [2.75, 3.05) is 5.32 Å². The molecule has 0 bridgehead atoms. The first-order valence-electron chi connectivity index (χ1n) is 7.59. The van der Waals surface area contributed by atoms with Crippen molar-refractivity contribution in [3.8, 4) is 5.75 Å². The van der Waals surface area contributed by atoms with Crippen LogP contribution in [-0.2, 0) is 20.2 Å². The number of carbonyl (C=O) groups excluding carboxylic acids is 1. The largest absolute Gasteiger partial charge is 1.00 e. The molecule has 0 aliphatic rings. The normalized spacial score (nSPS) is 11.3. The van der Waals surface area contributed by atoms with Gasteiger partial charge in [0.2, 0.25) is 0 Å². The van der Waals surface area contributed by atoms with Crippen LogP contribution < -0.4 is 64.4 Å². The van der Waals surface area contributed by atoms with Crippen LogP contribution in [0.3, 0.4) is 0 Å². The minimum Gasteiger partial charge on any atom is -0.507 e. The fourth-order valence-electron chi connectivity index (χ4n) is 2.62. The molecule has 0 unspecified atom stereocenters. The van der Waals surface area contributed by atoms with Gasteiger partial charge < -0.3 is 10.4 Å². The van der Waals surface area contributed by atoms with Crippen molar-refractivity contribution in [2.24, 2.45) is 0 Å². The molecule has 30 heavy (non-hydrogen) atoms. The first kappa shape index (κ1) is 27.0. The average molecular weight is 469 g/mol. The topological polar surface area (TPSA) is 158 Å². The van der Waals surface area contributed by atoms with E-state index in [2.05, 4.69) is 5.32 Å². The van der Waals surface area contributed by atoms with E-state index in [-0.39, 0.29) is 81.1 Å². The van der Waals surface area contributed by atoms with Crippen molar-refractivity contribution in [1.82, 2.24) is 0 Å². The van der Waals surface area contributed by atoms with E-state index in [4.69, 9.17) is 0 Å². The molecule has 0 aromatic heterocycles. The fourth-order valence-corrected chi connectivity index (χ4v) is 3.70. The molecular formula is C17H13NNa2O8S2+2. The number of amides is 1. The van der Waals surface area contributed by atoms with Crippen LogP contribution >= 0.6 is 0 Å². The van der Waals surface area contributed by atoms with Crippen LogP contribution in [0.25, 0.3) is 10.8 Å². The Balaban J connectivity index is 0.00000225. The quantitative estimate of drug-likeness (QED) is 0.225. The zero-order chi connectivity index (χ0) is 20.7. The van der Waals surface area contributed by atoms with Crippen molar-refractivity contribution in [2.45, 2.75) is 9.79 Å². The summed E-state index contributed by atoms with van der Waals surface area (Å²) in [5.74, 6) is -1.26. The van der Waals surface area contributed by atoms with Gasteiger partial charge in [0.1, 0.15) is 5.75 Å². The van der Waals surface area contributed by atoms with Gasteiger partial charge in [-0.05, 0) is 35.7 Å². The number of hydrogen-bond acceptors (Lipinski definition) is 6. The third-order valence-corrected chi connectivity index (χ3v) is 5.52. The second kappa shape index (κ2) is 10.1. The number of carbonyl (C=O) groups is 1. The van der Waals surface area contributed by atoms with Gasteiger partial charge >= 0.3 is 59.1 Å². The molecule has 3 aromatic rings. The van der Waals surface area contributed by atoms with Crippen LogP contribution in [0.15, 0.2) is 64.4 Å². The molecule has 1 amide bonds. The summed E-state index contributed by atoms with van der Waals surface area (Å²) in [6.07, 6.45) is 0. The van der Waals surface area contributed by atoms with E-state index in [1.807, 2.05) is 0 Å². The zero-order valence-corrected chi connectivity index (χ0v) is 21.5. The Morgan fingerprint density at radius 2 is 1.30 bits per heavy atom. The van der Waals surface area contributed by atoms with Gasteiger partial charge in [-0.15, -0.1) is 0 Å². The zero-order valence-electron chi connectivity index (χ0n) is 15.9. The number of fused-ring (bicyclic) bond motifs is 1. The molecular weight excluding hydrogens is 456 g/mol. The smallest absolute Gasteiger partial charge is 0.507 e. The SMILES string of the molecule is O=C(Nc1cc(S(=O)(=O)O)cc2cc(S(=O)(=O)O)cc(O)c12)c1ccccc1.[Na+].[Na+]. The predicted octanol–water partition coefficient (Wildman–Crippen LogP) is -3.70. The molecule has 0 saturated heterocycles. The Bertz CT molecular complexity index is 1310. The number of aromatic hydroxyl groups is 1. The van der Waals surface area contributed by atoms with Gasteiger partial charge in [0, 0.05) is 17.0 Å². The molecule has 0 fully saturated rings. The summed E-state index contributed by atoms with van der Waals surface area (Å²) in [5.41, 5.74) is 0.0559. The summed E-state index contributed by atoms with van der Waals surface area (Å²) in [7, 11) is -9.43. The van der Waals surface area contributed by atoms with Crippen LogP contribution in [0.5, 0.6) is 5.75 Å². The second-order valence-corrected chi connectivity index (χ2v) is 8.62. The van der Waals surface area contributed by atoms with Crippen molar-refractivity contribution >= 4 is 42.6 Å². The van der Waals surface area contributed by atoms with E-state index in [0.29, 0.717) is 0 Å². The Morgan fingerprint density at radius 3 is 1.80 bits per heavy atom. The maximum absolute atomic E-state index is 12.4. The Hall–Kier alpha value is -0.990. The van der Waals surface area contributed by atoms with Crippen LogP contribution in [0.4, 0.5) is 5.69 Å². The van der Waals surface area contributed by atoms with Gasteiger partial charge in [-0.25, -0.2) is 0 Å². The third kappa shape index (κ3) is 6.04. The summed E-state index contributed by atoms with van der Waals surface area (Å²) in [6, 6.07) is 11.4. The predicted molar refractivity (Wildman–Crippen MR) is 99.6 cm³/mol. The average Bonchev–Trinajstić information content (AvgIpc) is 2.60. The molecule has 146 valence electrons. The number of nitrogens with one attached hydrogen (secondary N) is 1. The number of benzene rings is 3. The molecule has 0 spiro atoms. The number of rotatable bonds is 4. The van der Waals surface area contributed by atoms with Gasteiger partial charge in [0.25, 0.3) is 26.1 Å². The molecule has 3 rings (SSSR count). The van der Waals surface area contributed by atoms with Crippen LogP contribution in [0.2, 0.25) is 0 Å². The molecule has 0 atom stereocenters. The number of hydrogen-bond donors (Lipinski definition) is 4. The van der Waals surface area contributed by atoms with Crippen LogP contribution in [-0.4, -0.2) is 37.0 Å². The summed E-state index contributed by atoms with van der Waals surface area (Å²) in [4.78, 5) is 11.1. The van der Waals surface area contributed by atoms with Crippen LogP contribution in [0, 0.1) is 0 Å². The van der Waals surface area contributed by atoms with Gasteiger partial charge in [0.15, 0.2) is 0 Å². The van der Waals surface area contributed by atoms with E-state index in [1.54, 1.807) is 18.2 Å². The molecule has 0 aliphatic carbocycles. The van der Waals surface area contributed by atoms with Gasteiger partial charge in [-0.1, -0.05) is 18.2 Å². The summed E-state index contributed by atoms with van der Waals surface area (Å²) in [6.45, 7) is 0. The van der Waals surface area contributed by atoms with E-state index in [1.165, 1.54) is 12.1 Å². The maximum Gasteiger partial charge on any atom is 1.00 e. The molecule has 0 radical (unpaired) electrons. The van der Waals surface area contributed by atoms with Crippen molar-refractivity contribution < 1.29 is 95.0 Å². The molecule has 4 N–H and O–H groups in total. The number of phenols is 1. The fraction of sp³-hybridized carbons (Fsp3) is 0. The van der Waals surface area contributed by atoms with E-state index in [0.717, 1.165) is 24.3 Å². The van der Waals surface area contributed by atoms with Gasteiger partial charge in [0.05, 0.1) is 15.5 Å². The van der Waals surface area contributed by atoms with Crippen molar-refractivity contribution in [3.63, 3.8) is 0 Å². The second-order valence-electron chi connectivity index (χ2n) is 5.78. The number of phenolic OH excluding ortho intramolecular Hbond substituents is 1. The van der Waals surface area contributed by atoms with Gasteiger partial charge in [-0.3, -0.25) is 13.9 Å². The molecule has 0 saturated carbocycles. The van der Waals surface area contributed by atoms with Crippen LogP contribution in [0.1, 0.15) is 10.4 Å². The molecule has 0 aliphatic heterocycles. The van der Waals surface area contributed by atoms with Gasteiger partial charge in [-0.2, -0.15) is 16.8 Å². The van der Waals surface area contributed by atoms with E-state index >= 15 is 0 Å². The first-order chi connectivity index (χ1) is 13.0. The van der Waals surface area contributed by atoms with E-state index in [9.17, 15) is 35.8 Å². The summed E-state index contributed by atoms with van der Waals surface area (Å²) >= 11 is 0. The number of anilines is 1. The molecule has 13 heteroatoms. The molecule has 0 heterocycles. The summed E-state index contributed by atoms with van der Waals surface area (Å²) < 4.78 is 64.4. The summed E-state index contributed by atoms with van der Waals surface area (Å²) in [5, 5.41) is 12.4. The minimum atomic E-state index is -4.72. The minimum absolute atomic E-state index is 0. The molecule has 3 aromatic carbocycles. The molecule has 9 nitrogen and oxygen atoms in total. The van der Waals surface area contributed by atoms with Crippen molar-refractivity contribution in [3.05, 3.63) is 60.2 Å². The Kier molecular flexibility index (Phi) is 9.09. The monoisotopic (exact) mass is 469 g/mol. The third-order valence-electron chi connectivity index (χ3n) is 3.86. The first-order valence-corrected chi connectivity index (χ1v) is 10.5. The standard InChI is InChI=1S/C17H13NO8S2.2Na/c19-15-9-13(28(24,25)26)7-11-6-12(27(21,22)23)8-14(16(11)15)18-17(20)10-4-2-1-3-5-10;;/h1-9,19H,(H,18,20)(H,21,22,23)(H,24,25,26);;/q;2*+1. The Morgan fingerprint density at radius 1 is 0.800 bits per heavy atom. The Labute approximate surface area is 216 Å². The van der Waals surface area contributed by atoms with Crippen molar-refractivity contribution in [1.29, 1.82) is 0 Å². The van der Waals surface area contributed by atoms with E-state index < -0.39 is 41.7 Å². The maximum atomic E-state index is 12.4.